The van der Waals surface area contributed by atoms with Crippen molar-refractivity contribution >= 4 is 17.5 Å². The Labute approximate surface area is 97.6 Å². The number of nitrogens with one attached hydrogen (secondary N) is 2. The molecule has 1 aromatic rings. The van der Waals surface area contributed by atoms with E-state index in [0.717, 1.165) is 12.4 Å². The van der Waals surface area contributed by atoms with E-state index in [2.05, 4.69) is 20.6 Å². The van der Waals surface area contributed by atoms with Crippen LogP contribution in [0.1, 0.15) is 13.8 Å². The van der Waals surface area contributed by atoms with Gasteiger partial charge in [-0.1, -0.05) is 0 Å². The highest BCUT2D eigenvalue weighted by Crippen LogP contribution is 2.07. The summed E-state index contributed by atoms with van der Waals surface area (Å²) in [5.74, 6) is -0.0172. The van der Waals surface area contributed by atoms with Crippen LogP contribution in [0.25, 0.3) is 0 Å². The molecule has 0 fully saturated rings. The number of hydrogen-bond donors (Lipinski definition) is 2. The Bertz CT molecular complexity index is 404. The van der Waals surface area contributed by atoms with Gasteiger partial charge < -0.3 is 10.6 Å². The van der Waals surface area contributed by atoms with Crippen LogP contribution < -0.4 is 10.6 Å². The van der Waals surface area contributed by atoms with Crippen molar-refractivity contribution in [2.45, 2.75) is 19.9 Å². The molecule has 0 spiro atoms. The molecule has 0 aliphatic rings. The van der Waals surface area contributed by atoms with Crippen LogP contribution in [0.15, 0.2) is 12.4 Å². The van der Waals surface area contributed by atoms with Crippen LogP contribution in [-0.4, -0.2) is 33.4 Å². The Hall–Kier alpha value is -2.25. The lowest BCUT2D eigenvalue weighted by Gasteiger charge is -2.08. The first-order chi connectivity index (χ1) is 7.99. The fourth-order valence-corrected chi connectivity index (χ4v) is 1.04. The van der Waals surface area contributed by atoms with Crippen molar-refractivity contribution in [3.63, 3.8) is 0 Å². The second kappa shape index (κ2) is 5.73. The van der Waals surface area contributed by atoms with Gasteiger partial charge in [-0.15, -0.1) is 0 Å². The largest absolute Gasteiger partial charge is 0.352 e. The third-order valence-corrected chi connectivity index (χ3v) is 1.71. The second-order valence-electron chi connectivity index (χ2n) is 3.60. The molecule has 0 saturated heterocycles. The Morgan fingerprint density at radius 3 is 2.53 bits per heavy atom. The summed E-state index contributed by atoms with van der Waals surface area (Å²) >= 11 is 0. The molecule has 1 aromatic heterocycles. The minimum atomic E-state index is -0.588. The molecule has 17 heavy (non-hydrogen) atoms. The second-order valence-corrected chi connectivity index (χ2v) is 3.60. The van der Waals surface area contributed by atoms with Gasteiger partial charge in [0.25, 0.3) is 0 Å². The average molecular weight is 239 g/mol. The van der Waals surface area contributed by atoms with E-state index in [9.17, 15) is 14.9 Å². The summed E-state index contributed by atoms with van der Waals surface area (Å²) in [4.78, 5) is 28.4. The molecule has 8 heteroatoms. The highest BCUT2D eigenvalue weighted by molar-refractivity contribution is 5.80. The molecule has 0 atom stereocenters. The van der Waals surface area contributed by atoms with Crippen molar-refractivity contribution in [3.8, 4) is 0 Å². The van der Waals surface area contributed by atoms with Gasteiger partial charge >= 0.3 is 5.69 Å². The molecule has 8 nitrogen and oxygen atoms in total. The van der Waals surface area contributed by atoms with Gasteiger partial charge in [-0.05, 0) is 13.8 Å². The van der Waals surface area contributed by atoms with Crippen LogP contribution in [0, 0.1) is 10.1 Å². The number of carbonyl (C=O) groups excluding carboxylic acids is 1. The first-order valence-electron chi connectivity index (χ1n) is 4.98. The molecule has 1 rings (SSSR count). The summed E-state index contributed by atoms with van der Waals surface area (Å²) in [6, 6.07) is 0.0575. The standard InChI is InChI=1S/C9H13N5O3/c1-6(2)13-8(15)5-12-9-10-3-7(4-11-9)14(16)17/h3-4,6H,5H2,1-2H3,(H,13,15)(H,10,11,12). The number of nitrogens with zero attached hydrogens (tertiary/aromatic N) is 3. The van der Waals surface area contributed by atoms with E-state index in [-0.39, 0.29) is 30.1 Å². The highest BCUT2D eigenvalue weighted by Gasteiger charge is 2.07. The first-order valence-corrected chi connectivity index (χ1v) is 4.98. The van der Waals surface area contributed by atoms with Crippen LogP contribution in [0.4, 0.5) is 11.6 Å². The van der Waals surface area contributed by atoms with Gasteiger partial charge in [0, 0.05) is 6.04 Å². The maximum atomic E-state index is 11.3. The third kappa shape index (κ3) is 4.41. The fraction of sp³-hybridized carbons (Fsp3) is 0.444. The van der Waals surface area contributed by atoms with Crippen molar-refractivity contribution in [1.29, 1.82) is 0 Å². The van der Waals surface area contributed by atoms with E-state index < -0.39 is 4.92 Å². The molecule has 0 aliphatic heterocycles. The molecule has 1 heterocycles. The van der Waals surface area contributed by atoms with Crippen molar-refractivity contribution in [2.75, 3.05) is 11.9 Å². The maximum absolute atomic E-state index is 11.3. The van der Waals surface area contributed by atoms with E-state index in [1.807, 2.05) is 13.8 Å². The van der Waals surface area contributed by atoms with E-state index >= 15 is 0 Å². The molecule has 0 radical (unpaired) electrons. The topological polar surface area (TPSA) is 110 Å². The van der Waals surface area contributed by atoms with Crippen molar-refractivity contribution in [2.24, 2.45) is 0 Å². The lowest BCUT2D eigenvalue weighted by molar-refractivity contribution is -0.385. The van der Waals surface area contributed by atoms with Gasteiger partial charge in [0.1, 0.15) is 12.4 Å². The lowest BCUT2D eigenvalue weighted by Crippen LogP contribution is -2.35. The molecular formula is C9H13N5O3. The van der Waals surface area contributed by atoms with Gasteiger partial charge in [-0.25, -0.2) is 9.97 Å². The predicted molar refractivity (Wildman–Crippen MR) is 60.5 cm³/mol. The molecule has 0 aliphatic carbocycles. The molecule has 0 unspecified atom stereocenters. The van der Waals surface area contributed by atoms with Gasteiger partial charge in [-0.3, -0.25) is 14.9 Å². The van der Waals surface area contributed by atoms with Crippen molar-refractivity contribution < 1.29 is 9.72 Å². The van der Waals surface area contributed by atoms with Crippen LogP contribution in [0.2, 0.25) is 0 Å². The maximum Gasteiger partial charge on any atom is 0.305 e. The number of rotatable bonds is 5. The average Bonchev–Trinajstić information content (AvgIpc) is 2.26. The van der Waals surface area contributed by atoms with Crippen molar-refractivity contribution in [1.82, 2.24) is 15.3 Å². The van der Waals surface area contributed by atoms with E-state index in [4.69, 9.17) is 0 Å². The zero-order valence-corrected chi connectivity index (χ0v) is 9.51. The van der Waals surface area contributed by atoms with Crippen LogP contribution in [-0.2, 0) is 4.79 Å². The summed E-state index contributed by atoms with van der Waals surface area (Å²) in [7, 11) is 0. The highest BCUT2D eigenvalue weighted by atomic mass is 16.6. The smallest absolute Gasteiger partial charge is 0.305 e. The summed E-state index contributed by atoms with van der Waals surface area (Å²) in [6.07, 6.45) is 2.16. The molecule has 1 amide bonds. The number of anilines is 1. The SMILES string of the molecule is CC(C)NC(=O)CNc1ncc([N+](=O)[O-])cn1. The van der Waals surface area contributed by atoms with E-state index in [0.29, 0.717) is 0 Å². The minimum absolute atomic E-state index is 0.0238. The minimum Gasteiger partial charge on any atom is -0.352 e. The van der Waals surface area contributed by atoms with E-state index in [1.165, 1.54) is 0 Å². The number of carbonyl (C=O) groups is 1. The first kappa shape index (κ1) is 12.8. The number of aromatic nitrogens is 2. The Morgan fingerprint density at radius 2 is 2.06 bits per heavy atom. The molecule has 0 saturated carbocycles. The predicted octanol–water partition coefficient (Wildman–Crippen LogP) is 0.321. The van der Waals surface area contributed by atoms with Crippen molar-refractivity contribution in [3.05, 3.63) is 22.5 Å². The molecular weight excluding hydrogens is 226 g/mol. The summed E-state index contributed by atoms with van der Waals surface area (Å²) < 4.78 is 0. The Balaban J connectivity index is 2.47. The van der Waals surface area contributed by atoms with Crippen LogP contribution in [0.3, 0.4) is 0 Å². The number of nitro groups is 1. The monoisotopic (exact) mass is 239 g/mol. The van der Waals surface area contributed by atoms with Gasteiger partial charge in [0.15, 0.2) is 0 Å². The van der Waals surface area contributed by atoms with Gasteiger partial charge in [0.05, 0.1) is 11.5 Å². The zero-order chi connectivity index (χ0) is 12.8. The fourth-order valence-electron chi connectivity index (χ4n) is 1.04. The quantitative estimate of drug-likeness (QED) is 0.565. The number of amides is 1. The third-order valence-electron chi connectivity index (χ3n) is 1.71. The molecule has 0 aromatic carbocycles. The van der Waals surface area contributed by atoms with Gasteiger partial charge in [-0.2, -0.15) is 0 Å². The molecule has 2 N–H and O–H groups in total. The Kier molecular flexibility index (Phi) is 4.32. The summed E-state index contributed by atoms with van der Waals surface area (Å²) in [5, 5.41) is 15.7. The van der Waals surface area contributed by atoms with Crippen LogP contribution >= 0.6 is 0 Å². The summed E-state index contributed by atoms with van der Waals surface area (Å²) in [6.45, 7) is 3.72. The zero-order valence-electron chi connectivity index (χ0n) is 9.51. The molecule has 92 valence electrons. The summed E-state index contributed by atoms with van der Waals surface area (Å²) in [5.41, 5.74) is -0.192. The van der Waals surface area contributed by atoms with E-state index in [1.54, 1.807) is 0 Å². The van der Waals surface area contributed by atoms with Crippen LogP contribution in [0.5, 0.6) is 0 Å². The number of hydrogen-bond acceptors (Lipinski definition) is 6. The lowest BCUT2D eigenvalue weighted by atomic mass is 10.4. The normalized spacial score (nSPS) is 10.1. The Morgan fingerprint density at radius 1 is 1.47 bits per heavy atom. The van der Waals surface area contributed by atoms with Gasteiger partial charge in [0.2, 0.25) is 11.9 Å². The molecule has 0 bridgehead atoms.